The Labute approximate surface area is 116 Å². The molecule has 2 atom stereocenters. The van der Waals surface area contributed by atoms with Crippen LogP contribution in [0.3, 0.4) is 0 Å². The van der Waals surface area contributed by atoms with Gasteiger partial charge in [-0.2, -0.15) is 11.8 Å². The van der Waals surface area contributed by atoms with E-state index in [9.17, 15) is 0 Å². The summed E-state index contributed by atoms with van der Waals surface area (Å²) >= 11 is 1.89. The maximum absolute atomic E-state index is 6.00. The normalized spacial score (nSPS) is 14.8. The number of nitrogens with zero attached hydrogens (tertiary/aromatic N) is 1. The smallest absolute Gasteiger partial charge is 0.0473 e. The van der Waals surface area contributed by atoms with Crippen molar-refractivity contribution in [3.05, 3.63) is 34.9 Å². The lowest BCUT2D eigenvalue weighted by molar-refractivity contribution is 0.203. The summed E-state index contributed by atoms with van der Waals surface area (Å²) < 4.78 is 0. The molecule has 0 aromatic heterocycles. The van der Waals surface area contributed by atoms with E-state index in [1.54, 1.807) is 0 Å². The standard InChI is InChI=1S/C15H26N2S/c1-11-6-7-14(12(2)8-11)15(9-16)17(4)13(3)10-18-5/h6-8,13,15H,9-10,16H2,1-5H3. The van der Waals surface area contributed by atoms with E-state index < -0.39 is 0 Å². The van der Waals surface area contributed by atoms with Crippen molar-refractivity contribution < 1.29 is 0 Å². The first-order valence-electron chi connectivity index (χ1n) is 6.49. The molecule has 2 N–H and O–H groups in total. The Hall–Kier alpha value is -0.510. The molecular formula is C15H26N2S. The van der Waals surface area contributed by atoms with Crippen LogP contribution in [0, 0.1) is 13.8 Å². The Morgan fingerprint density at radius 2 is 2.00 bits per heavy atom. The number of hydrogen-bond donors (Lipinski definition) is 1. The molecule has 0 fully saturated rings. The number of nitrogens with two attached hydrogens (primary N) is 1. The van der Waals surface area contributed by atoms with Crippen molar-refractivity contribution in [1.29, 1.82) is 0 Å². The predicted molar refractivity (Wildman–Crippen MR) is 83.3 cm³/mol. The monoisotopic (exact) mass is 266 g/mol. The molecule has 2 nitrogen and oxygen atoms in total. The molecule has 0 saturated carbocycles. The van der Waals surface area contributed by atoms with Crippen molar-refractivity contribution in [3.63, 3.8) is 0 Å². The summed E-state index contributed by atoms with van der Waals surface area (Å²) in [5.41, 5.74) is 10.0. The minimum atomic E-state index is 0.313. The van der Waals surface area contributed by atoms with Crippen molar-refractivity contribution in [1.82, 2.24) is 4.90 Å². The van der Waals surface area contributed by atoms with Crippen LogP contribution < -0.4 is 5.73 Å². The van der Waals surface area contributed by atoms with Crippen molar-refractivity contribution in [2.45, 2.75) is 32.9 Å². The summed E-state index contributed by atoms with van der Waals surface area (Å²) in [7, 11) is 2.18. The molecule has 0 aliphatic heterocycles. The summed E-state index contributed by atoms with van der Waals surface area (Å²) in [5.74, 6) is 1.14. The minimum Gasteiger partial charge on any atom is -0.329 e. The van der Waals surface area contributed by atoms with Crippen LogP contribution in [0.25, 0.3) is 0 Å². The van der Waals surface area contributed by atoms with E-state index in [0.29, 0.717) is 18.6 Å². The topological polar surface area (TPSA) is 29.3 Å². The van der Waals surface area contributed by atoms with Crippen LogP contribution in [0.1, 0.15) is 29.7 Å². The molecular weight excluding hydrogens is 240 g/mol. The lowest BCUT2D eigenvalue weighted by Crippen LogP contribution is -2.38. The van der Waals surface area contributed by atoms with Crippen molar-refractivity contribution in [3.8, 4) is 0 Å². The second kappa shape index (κ2) is 7.17. The molecule has 102 valence electrons. The van der Waals surface area contributed by atoms with Gasteiger partial charge in [0, 0.05) is 24.4 Å². The lowest BCUT2D eigenvalue weighted by Gasteiger charge is -2.33. The zero-order chi connectivity index (χ0) is 13.7. The molecule has 0 aliphatic carbocycles. The summed E-state index contributed by atoms with van der Waals surface area (Å²) in [6.07, 6.45) is 2.15. The second-order valence-corrected chi connectivity index (χ2v) is 5.99. The first-order valence-corrected chi connectivity index (χ1v) is 7.88. The Bertz CT molecular complexity index is 379. The molecule has 1 aromatic carbocycles. The highest BCUT2D eigenvalue weighted by atomic mass is 32.2. The van der Waals surface area contributed by atoms with E-state index in [-0.39, 0.29) is 0 Å². The maximum atomic E-state index is 6.00. The Balaban J connectivity index is 2.94. The summed E-state index contributed by atoms with van der Waals surface area (Å²) in [6, 6.07) is 7.50. The zero-order valence-corrected chi connectivity index (χ0v) is 13.1. The van der Waals surface area contributed by atoms with Gasteiger partial charge in [-0.25, -0.2) is 0 Å². The number of thioether (sulfide) groups is 1. The molecule has 0 heterocycles. The van der Waals surface area contributed by atoms with Gasteiger partial charge in [0.15, 0.2) is 0 Å². The first kappa shape index (κ1) is 15.5. The molecule has 0 spiro atoms. The van der Waals surface area contributed by atoms with Crippen molar-refractivity contribution in [2.75, 3.05) is 25.6 Å². The summed E-state index contributed by atoms with van der Waals surface area (Å²) in [5, 5.41) is 0. The van der Waals surface area contributed by atoms with Crippen LogP contribution in [0.15, 0.2) is 18.2 Å². The predicted octanol–water partition coefficient (Wildman–Crippen LogP) is 2.99. The number of aryl methyl sites for hydroxylation is 2. The van der Waals surface area contributed by atoms with Gasteiger partial charge in [0.05, 0.1) is 0 Å². The van der Waals surface area contributed by atoms with Crippen molar-refractivity contribution >= 4 is 11.8 Å². The highest BCUT2D eigenvalue weighted by Crippen LogP contribution is 2.25. The van der Waals surface area contributed by atoms with Crippen LogP contribution in [0.5, 0.6) is 0 Å². The highest BCUT2D eigenvalue weighted by molar-refractivity contribution is 7.98. The molecule has 0 radical (unpaired) electrons. The first-order chi connectivity index (χ1) is 8.51. The largest absolute Gasteiger partial charge is 0.329 e. The minimum absolute atomic E-state index is 0.313. The highest BCUT2D eigenvalue weighted by Gasteiger charge is 2.21. The molecule has 3 heteroatoms. The van der Waals surface area contributed by atoms with Crippen LogP contribution in [-0.4, -0.2) is 36.5 Å². The molecule has 0 saturated heterocycles. The number of benzene rings is 1. The molecule has 1 rings (SSSR count). The van der Waals surface area contributed by atoms with Crippen LogP contribution in [-0.2, 0) is 0 Å². The lowest BCUT2D eigenvalue weighted by atomic mass is 9.97. The summed E-state index contributed by atoms with van der Waals surface area (Å²) in [4.78, 5) is 2.40. The number of rotatable bonds is 6. The van der Waals surface area contributed by atoms with E-state index in [0.717, 1.165) is 5.75 Å². The van der Waals surface area contributed by atoms with Crippen LogP contribution >= 0.6 is 11.8 Å². The Kier molecular flexibility index (Phi) is 6.19. The van der Waals surface area contributed by atoms with E-state index >= 15 is 0 Å². The number of hydrogen-bond acceptors (Lipinski definition) is 3. The maximum Gasteiger partial charge on any atom is 0.0473 e. The van der Waals surface area contributed by atoms with Crippen LogP contribution in [0.2, 0.25) is 0 Å². The van der Waals surface area contributed by atoms with Gasteiger partial charge in [-0.1, -0.05) is 23.8 Å². The Morgan fingerprint density at radius 1 is 1.33 bits per heavy atom. The Morgan fingerprint density at radius 3 is 2.50 bits per heavy atom. The zero-order valence-electron chi connectivity index (χ0n) is 12.2. The molecule has 2 unspecified atom stereocenters. The molecule has 18 heavy (non-hydrogen) atoms. The fourth-order valence-electron chi connectivity index (χ4n) is 2.38. The third kappa shape index (κ3) is 3.74. The van der Waals surface area contributed by atoms with E-state index in [1.807, 2.05) is 11.8 Å². The average Bonchev–Trinajstić information content (AvgIpc) is 2.32. The fourth-order valence-corrected chi connectivity index (χ4v) is 3.10. The van der Waals surface area contributed by atoms with Gasteiger partial charge in [0.2, 0.25) is 0 Å². The van der Waals surface area contributed by atoms with Crippen molar-refractivity contribution in [2.24, 2.45) is 5.73 Å². The molecule has 1 aromatic rings. The van der Waals surface area contributed by atoms with Gasteiger partial charge >= 0.3 is 0 Å². The van der Waals surface area contributed by atoms with Gasteiger partial charge < -0.3 is 5.73 Å². The van der Waals surface area contributed by atoms with Gasteiger partial charge in [-0.15, -0.1) is 0 Å². The van der Waals surface area contributed by atoms with E-state index in [1.165, 1.54) is 16.7 Å². The van der Waals surface area contributed by atoms with Gasteiger partial charge in [-0.3, -0.25) is 4.90 Å². The fraction of sp³-hybridized carbons (Fsp3) is 0.600. The summed E-state index contributed by atoms with van der Waals surface area (Å²) in [6.45, 7) is 7.24. The second-order valence-electron chi connectivity index (χ2n) is 5.08. The average molecular weight is 266 g/mol. The van der Waals surface area contributed by atoms with Gasteiger partial charge in [-0.05, 0) is 45.2 Å². The third-order valence-corrected chi connectivity index (χ3v) is 4.42. The molecule has 0 aliphatic rings. The van der Waals surface area contributed by atoms with E-state index in [2.05, 4.69) is 57.2 Å². The third-order valence-electron chi connectivity index (χ3n) is 3.60. The number of likely N-dealkylation sites (N-methyl/N-ethyl adjacent to an activating group) is 1. The van der Waals surface area contributed by atoms with Crippen LogP contribution in [0.4, 0.5) is 0 Å². The quantitative estimate of drug-likeness (QED) is 0.858. The van der Waals surface area contributed by atoms with Gasteiger partial charge in [0.25, 0.3) is 0 Å². The molecule has 0 amide bonds. The van der Waals surface area contributed by atoms with Gasteiger partial charge in [0.1, 0.15) is 0 Å². The molecule has 0 bridgehead atoms. The SMILES string of the molecule is CSCC(C)N(C)C(CN)c1ccc(C)cc1C. The van der Waals surface area contributed by atoms with E-state index in [4.69, 9.17) is 5.73 Å².